The fourth-order valence-corrected chi connectivity index (χ4v) is 3.92. The molecule has 26 heavy (non-hydrogen) atoms. The van der Waals surface area contributed by atoms with Crippen molar-refractivity contribution >= 4 is 68.8 Å². The van der Waals surface area contributed by atoms with E-state index in [9.17, 15) is 9.90 Å². The van der Waals surface area contributed by atoms with Crippen molar-refractivity contribution in [3.63, 3.8) is 0 Å². The Morgan fingerprint density at radius 1 is 1.38 bits per heavy atom. The Hall–Kier alpha value is -1.71. The molecule has 0 spiro atoms. The molecule has 1 heterocycles. The van der Waals surface area contributed by atoms with Crippen LogP contribution in [0.4, 0.5) is 5.69 Å². The van der Waals surface area contributed by atoms with E-state index in [1.165, 1.54) is 18.9 Å². The number of phenolic OH excluding ortho intramolecular Hbond substituents is 1. The fraction of sp³-hybridized carbons (Fsp3) is 0.111. The smallest absolute Gasteiger partial charge is 0.264 e. The number of aromatic hydroxyl groups is 1. The lowest BCUT2D eigenvalue weighted by Gasteiger charge is -2.06. The van der Waals surface area contributed by atoms with E-state index in [1.54, 1.807) is 24.3 Å². The zero-order valence-electron chi connectivity index (χ0n) is 13.8. The molecule has 0 atom stereocenters. The lowest BCUT2D eigenvalue weighted by molar-refractivity contribution is -0.115. The second-order valence-electron chi connectivity index (χ2n) is 5.42. The number of benzene rings is 2. The summed E-state index contributed by atoms with van der Waals surface area (Å²) in [5, 5.41) is 13.8. The first-order valence-corrected chi connectivity index (χ1v) is 9.77. The molecule has 1 fully saturated rings. The molecular weight excluding hydrogens is 487 g/mol. The Bertz CT molecular complexity index is 960. The SMILES string of the molecule is COc1cc(/C=C2\SC(=Nc3cccc(Cl)c3C)NC2=O)cc(I)c1O. The van der Waals surface area contributed by atoms with Crippen molar-refractivity contribution in [1.29, 1.82) is 0 Å². The summed E-state index contributed by atoms with van der Waals surface area (Å²) < 4.78 is 5.79. The molecule has 5 nitrogen and oxygen atoms in total. The highest BCUT2D eigenvalue weighted by Crippen LogP contribution is 2.35. The maximum Gasteiger partial charge on any atom is 0.264 e. The van der Waals surface area contributed by atoms with Gasteiger partial charge in [-0.05, 0) is 82.7 Å². The Morgan fingerprint density at radius 3 is 2.88 bits per heavy atom. The van der Waals surface area contributed by atoms with Crippen LogP contribution in [0.2, 0.25) is 5.02 Å². The first-order valence-electron chi connectivity index (χ1n) is 7.50. The minimum atomic E-state index is -0.226. The number of nitrogens with one attached hydrogen (secondary N) is 1. The van der Waals surface area contributed by atoms with Gasteiger partial charge in [0.1, 0.15) is 0 Å². The molecule has 1 amide bonds. The predicted octanol–water partition coefficient (Wildman–Crippen LogP) is 4.86. The molecule has 2 N–H and O–H groups in total. The Kier molecular flexibility index (Phi) is 5.79. The van der Waals surface area contributed by atoms with Crippen LogP contribution in [0.25, 0.3) is 6.08 Å². The maximum absolute atomic E-state index is 12.2. The molecule has 1 aliphatic rings. The molecule has 0 saturated carbocycles. The number of aliphatic imine (C=N–C) groups is 1. The van der Waals surface area contributed by atoms with E-state index in [4.69, 9.17) is 16.3 Å². The topological polar surface area (TPSA) is 70.9 Å². The van der Waals surface area contributed by atoms with Crippen LogP contribution in [-0.2, 0) is 4.79 Å². The number of halogens is 2. The third kappa shape index (κ3) is 3.99. The first-order chi connectivity index (χ1) is 12.4. The number of nitrogens with zero attached hydrogens (tertiary/aromatic N) is 1. The molecule has 0 aliphatic carbocycles. The number of carbonyl (C=O) groups is 1. The lowest BCUT2D eigenvalue weighted by atomic mass is 10.2. The molecule has 1 aliphatic heterocycles. The van der Waals surface area contributed by atoms with Gasteiger partial charge in [0, 0.05) is 5.02 Å². The zero-order valence-corrected chi connectivity index (χ0v) is 17.6. The van der Waals surface area contributed by atoms with E-state index in [2.05, 4.69) is 10.3 Å². The van der Waals surface area contributed by atoms with Crippen molar-refractivity contribution < 1.29 is 14.6 Å². The van der Waals surface area contributed by atoms with Gasteiger partial charge in [0.05, 0.1) is 21.3 Å². The van der Waals surface area contributed by atoms with Gasteiger partial charge < -0.3 is 15.2 Å². The number of amides is 1. The number of hydrogen-bond acceptors (Lipinski definition) is 5. The summed E-state index contributed by atoms with van der Waals surface area (Å²) in [5.41, 5.74) is 2.32. The van der Waals surface area contributed by atoms with Crippen LogP contribution in [0.15, 0.2) is 40.2 Å². The predicted molar refractivity (Wildman–Crippen MR) is 114 cm³/mol. The molecule has 134 valence electrons. The number of ether oxygens (including phenoxy) is 1. The first kappa shape index (κ1) is 19.1. The minimum absolute atomic E-state index is 0.0810. The number of thioether (sulfide) groups is 1. The highest BCUT2D eigenvalue weighted by molar-refractivity contribution is 14.1. The molecule has 1 saturated heterocycles. The largest absolute Gasteiger partial charge is 0.504 e. The monoisotopic (exact) mass is 500 g/mol. The highest BCUT2D eigenvalue weighted by atomic mass is 127. The number of phenols is 1. The zero-order chi connectivity index (χ0) is 18.8. The van der Waals surface area contributed by atoms with Gasteiger partial charge in [-0.25, -0.2) is 4.99 Å². The normalized spacial score (nSPS) is 17.0. The number of carbonyl (C=O) groups excluding carboxylic acids is 1. The molecule has 2 aromatic carbocycles. The minimum Gasteiger partial charge on any atom is -0.504 e. The van der Waals surface area contributed by atoms with E-state index in [0.29, 0.717) is 30.1 Å². The van der Waals surface area contributed by atoms with E-state index in [-0.39, 0.29) is 11.7 Å². The van der Waals surface area contributed by atoms with Gasteiger partial charge in [-0.1, -0.05) is 17.7 Å². The molecular formula is C18H14ClIN2O3S. The molecule has 0 bridgehead atoms. The number of hydrogen-bond donors (Lipinski definition) is 2. The second kappa shape index (κ2) is 7.89. The van der Waals surface area contributed by atoms with Crippen molar-refractivity contribution in [3.8, 4) is 11.5 Å². The number of amidine groups is 1. The van der Waals surface area contributed by atoms with Crippen LogP contribution >= 0.6 is 46.0 Å². The van der Waals surface area contributed by atoms with Gasteiger partial charge >= 0.3 is 0 Å². The second-order valence-corrected chi connectivity index (χ2v) is 8.02. The molecule has 0 aromatic heterocycles. The summed E-state index contributed by atoms with van der Waals surface area (Å²) in [4.78, 5) is 17.2. The van der Waals surface area contributed by atoms with Crippen LogP contribution in [-0.4, -0.2) is 23.3 Å². The van der Waals surface area contributed by atoms with Crippen molar-refractivity contribution in [2.24, 2.45) is 4.99 Å². The molecule has 2 aromatic rings. The van der Waals surface area contributed by atoms with Gasteiger partial charge in [-0.3, -0.25) is 4.79 Å². The Labute approximate surface area is 173 Å². The van der Waals surface area contributed by atoms with Crippen molar-refractivity contribution in [2.75, 3.05) is 7.11 Å². The van der Waals surface area contributed by atoms with Crippen LogP contribution in [0.5, 0.6) is 11.5 Å². The summed E-state index contributed by atoms with van der Waals surface area (Å²) in [7, 11) is 1.48. The Balaban J connectivity index is 1.91. The van der Waals surface area contributed by atoms with E-state index < -0.39 is 0 Å². The van der Waals surface area contributed by atoms with Crippen LogP contribution in [0, 0.1) is 10.5 Å². The molecule has 8 heteroatoms. The third-order valence-corrected chi connectivity index (χ3v) is 5.82. The standard InChI is InChI=1S/C18H14ClIN2O3S/c1-9-11(19)4-3-5-13(9)21-18-22-17(24)15(26-18)8-10-6-12(20)16(23)14(7-10)25-2/h3-8,23H,1-2H3,(H,21,22,24)/b15-8-. The fourth-order valence-electron chi connectivity index (χ4n) is 2.29. The van der Waals surface area contributed by atoms with Crippen LogP contribution in [0.1, 0.15) is 11.1 Å². The summed E-state index contributed by atoms with van der Waals surface area (Å²) in [6.45, 7) is 1.88. The van der Waals surface area contributed by atoms with Gasteiger partial charge in [-0.2, -0.15) is 0 Å². The van der Waals surface area contributed by atoms with Gasteiger partial charge in [-0.15, -0.1) is 0 Å². The molecule has 0 radical (unpaired) electrons. The summed E-state index contributed by atoms with van der Waals surface area (Å²) in [5.74, 6) is 0.212. The van der Waals surface area contributed by atoms with Crippen molar-refractivity contribution in [3.05, 3.63) is 55.0 Å². The third-order valence-electron chi connectivity index (χ3n) is 3.68. The maximum atomic E-state index is 12.2. The van der Waals surface area contributed by atoms with Gasteiger partial charge in [0.2, 0.25) is 0 Å². The van der Waals surface area contributed by atoms with Crippen molar-refractivity contribution in [2.45, 2.75) is 6.92 Å². The van der Waals surface area contributed by atoms with Gasteiger partial charge in [0.15, 0.2) is 16.7 Å². The van der Waals surface area contributed by atoms with Crippen LogP contribution < -0.4 is 10.1 Å². The summed E-state index contributed by atoms with van der Waals surface area (Å²) >= 11 is 9.37. The lowest BCUT2D eigenvalue weighted by Crippen LogP contribution is -2.19. The highest BCUT2D eigenvalue weighted by Gasteiger charge is 2.24. The Morgan fingerprint density at radius 2 is 2.15 bits per heavy atom. The van der Waals surface area contributed by atoms with Gasteiger partial charge in [0.25, 0.3) is 5.91 Å². The number of methoxy groups -OCH3 is 1. The summed E-state index contributed by atoms with van der Waals surface area (Å²) in [6.07, 6.45) is 1.73. The van der Waals surface area contributed by atoms with E-state index in [0.717, 1.165) is 11.1 Å². The summed E-state index contributed by atoms with van der Waals surface area (Å²) in [6, 6.07) is 8.91. The number of rotatable bonds is 3. The van der Waals surface area contributed by atoms with E-state index in [1.807, 2.05) is 41.6 Å². The van der Waals surface area contributed by atoms with E-state index >= 15 is 0 Å². The average molecular weight is 501 g/mol. The average Bonchev–Trinajstić information content (AvgIpc) is 2.94. The quantitative estimate of drug-likeness (QED) is 0.466. The van der Waals surface area contributed by atoms with Crippen molar-refractivity contribution in [1.82, 2.24) is 5.32 Å². The molecule has 0 unspecified atom stereocenters. The molecule has 3 rings (SSSR count). The van der Waals surface area contributed by atoms with Crippen LogP contribution in [0.3, 0.4) is 0 Å².